The van der Waals surface area contributed by atoms with Crippen LogP contribution in [0.4, 0.5) is 0 Å². The number of carbonyl (C=O) groups is 1. The number of Topliss-reactive ketones (excluding diaryl/α,β-unsaturated/α-hetero) is 1. The fourth-order valence-corrected chi connectivity index (χ4v) is 5.81. The normalized spacial score (nSPS) is 37.6. The number of likely N-dealkylation sites (tertiary alicyclic amines) is 1. The summed E-state index contributed by atoms with van der Waals surface area (Å²) in [5.74, 6) is 2.34. The van der Waals surface area contributed by atoms with Crippen LogP contribution in [0.1, 0.15) is 30.9 Å². The number of ketones is 1. The molecule has 2 aliphatic heterocycles. The highest BCUT2D eigenvalue weighted by Crippen LogP contribution is 2.70. The zero-order valence-corrected chi connectivity index (χ0v) is 14.2. The van der Waals surface area contributed by atoms with Gasteiger partial charge in [0.25, 0.3) is 0 Å². The summed E-state index contributed by atoms with van der Waals surface area (Å²) in [5.41, 5.74) is 8.08. The Kier molecular flexibility index (Phi) is 2.90. The molecule has 0 bridgehead atoms. The van der Waals surface area contributed by atoms with Crippen LogP contribution in [-0.2, 0) is 16.6 Å². The Morgan fingerprint density at radius 3 is 3.04 bits per heavy atom. The molecule has 4 aliphatic rings. The van der Waals surface area contributed by atoms with Crippen molar-refractivity contribution in [3.05, 3.63) is 23.3 Å². The van der Waals surface area contributed by atoms with E-state index in [1.165, 1.54) is 11.1 Å². The lowest BCUT2D eigenvalue weighted by Gasteiger charge is -2.72. The molecule has 0 radical (unpaired) electrons. The fraction of sp³-hybridized carbons (Fsp3) is 0.632. The molecule has 1 aromatic carbocycles. The van der Waals surface area contributed by atoms with Crippen molar-refractivity contribution in [1.29, 1.82) is 0 Å². The van der Waals surface area contributed by atoms with Gasteiger partial charge in [-0.15, -0.1) is 0 Å². The van der Waals surface area contributed by atoms with Crippen molar-refractivity contribution in [2.24, 2.45) is 11.7 Å². The van der Waals surface area contributed by atoms with E-state index in [9.17, 15) is 4.79 Å². The molecule has 2 aliphatic carbocycles. The van der Waals surface area contributed by atoms with Crippen LogP contribution >= 0.6 is 0 Å². The molecule has 2 N–H and O–H groups in total. The molecule has 128 valence electrons. The van der Waals surface area contributed by atoms with Crippen LogP contribution in [0.2, 0.25) is 0 Å². The summed E-state index contributed by atoms with van der Waals surface area (Å²) in [6, 6.07) is 5.32. The number of nitrogens with two attached hydrogens (primary N) is 1. The highest BCUT2D eigenvalue weighted by atomic mass is 16.5. The Hall–Kier alpha value is -1.59. The lowest BCUT2D eigenvalue weighted by Crippen LogP contribution is -2.81. The number of hydrogen-bond donors (Lipinski definition) is 1. The number of nitrogens with zero attached hydrogens (tertiary/aromatic N) is 1. The summed E-state index contributed by atoms with van der Waals surface area (Å²) < 4.78 is 12.1. The number of rotatable bonds is 5. The van der Waals surface area contributed by atoms with Crippen molar-refractivity contribution < 1.29 is 14.3 Å². The minimum atomic E-state index is -0.336. The summed E-state index contributed by atoms with van der Waals surface area (Å²) in [4.78, 5) is 15.2. The minimum absolute atomic E-state index is 0.111. The van der Waals surface area contributed by atoms with Gasteiger partial charge in [0, 0.05) is 36.5 Å². The van der Waals surface area contributed by atoms with Crippen LogP contribution < -0.4 is 15.2 Å². The highest BCUT2D eigenvalue weighted by molar-refractivity contribution is 5.88. The standard InChI is InChI=1S/C19H24N2O3/c1-3-13(22)18-19-9-12-16(19)11(21(12)2)8-10-4-5-14(23-7-6-20)17(24-18)15(10)19/h4-5,11-12,16,18H,3,6-9,20H2,1-2H3. The Morgan fingerprint density at radius 1 is 1.46 bits per heavy atom. The number of hydrogen-bond acceptors (Lipinski definition) is 5. The van der Waals surface area contributed by atoms with Gasteiger partial charge in [0.1, 0.15) is 6.61 Å². The van der Waals surface area contributed by atoms with Gasteiger partial charge in [-0.05, 0) is 31.5 Å². The predicted octanol–water partition coefficient (Wildman–Crippen LogP) is 1.26. The third kappa shape index (κ3) is 1.47. The zero-order chi connectivity index (χ0) is 16.6. The third-order valence-corrected chi connectivity index (χ3v) is 6.84. The average molecular weight is 328 g/mol. The van der Waals surface area contributed by atoms with Gasteiger partial charge in [-0.2, -0.15) is 0 Å². The number of carbonyl (C=O) groups excluding carboxylic acids is 1. The molecule has 5 rings (SSSR count). The second-order valence-electron chi connectivity index (χ2n) is 7.66. The Labute approximate surface area is 142 Å². The molecule has 2 fully saturated rings. The van der Waals surface area contributed by atoms with Gasteiger partial charge in [-0.1, -0.05) is 13.0 Å². The Balaban J connectivity index is 1.66. The van der Waals surface area contributed by atoms with Gasteiger partial charge in [0.05, 0.1) is 5.41 Å². The summed E-state index contributed by atoms with van der Waals surface area (Å²) in [6.07, 6.45) is 2.26. The molecule has 2 heterocycles. The SMILES string of the molecule is CCC(=O)C1Oc2c(OCCN)ccc3c2C12CC1C2C(C3)N1C. The quantitative estimate of drug-likeness (QED) is 0.881. The van der Waals surface area contributed by atoms with Gasteiger partial charge >= 0.3 is 0 Å². The van der Waals surface area contributed by atoms with Crippen molar-refractivity contribution in [3.8, 4) is 11.5 Å². The number of ether oxygens (including phenoxy) is 2. The Morgan fingerprint density at radius 2 is 2.29 bits per heavy atom. The molecule has 1 spiro atoms. The summed E-state index contributed by atoms with van der Waals surface area (Å²) in [6.45, 7) is 2.87. The number of likely N-dealkylation sites (N-methyl/N-ethyl adjacent to an activating group) is 1. The smallest absolute Gasteiger partial charge is 0.173 e. The largest absolute Gasteiger partial charge is 0.488 e. The first-order valence-electron chi connectivity index (χ1n) is 9.04. The lowest BCUT2D eigenvalue weighted by atomic mass is 9.41. The van der Waals surface area contributed by atoms with E-state index in [-0.39, 0.29) is 17.3 Å². The topological polar surface area (TPSA) is 64.8 Å². The van der Waals surface area contributed by atoms with Gasteiger partial charge in [-0.3, -0.25) is 9.69 Å². The van der Waals surface area contributed by atoms with E-state index in [0.717, 1.165) is 24.3 Å². The maximum Gasteiger partial charge on any atom is 0.173 e. The third-order valence-electron chi connectivity index (χ3n) is 6.84. The van der Waals surface area contributed by atoms with E-state index in [0.29, 0.717) is 37.6 Å². The second kappa shape index (κ2) is 4.73. The van der Waals surface area contributed by atoms with E-state index in [2.05, 4.69) is 18.0 Å². The van der Waals surface area contributed by atoms with Crippen molar-refractivity contribution in [3.63, 3.8) is 0 Å². The van der Waals surface area contributed by atoms with E-state index in [1.807, 2.05) is 13.0 Å². The molecule has 5 atom stereocenters. The van der Waals surface area contributed by atoms with Gasteiger partial charge in [0.15, 0.2) is 23.4 Å². The van der Waals surface area contributed by atoms with Crippen molar-refractivity contribution in [2.45, 2.75) is 49.8 Å². The first-order valence-corrected chi connectivity index (χ1v) is 9.04. The molecule has 5 heteroatoms. The van der Waals surface area contributed by atoms with Crippen LogP contribution in [0.5, 0.6) is 11.5 Å². The predicted molar refractivity (Wildman–Crippen MR) is 89.5 cm³/mol. The van der Waals surface area contributed by atoms with Gasteiger partial charge < -0.3 is 15.2 Å². The highest BCUT2D eigenvalue weighted by Gasteiger charge is 2.75. The van der Waals surface area contributed by atoms with Crippen LogP contribution in [0.3, 0.4) is 0 Å². The molecule has 5 unspecified atom stereocenters. The van der Waals surface area contributed by atoms with E-state index in [1.54, 1.807) is 0 Å². The molecular weight excluding hydrogens is 304 g/mol. The monoisotopic (exact) mass is 328 g/mol. The van der Waals surface area contributed by atoms with Crippen molar-refractivity contribution in [1.82, 2.24) is 4.90 Å². The summed E-state index contributed by atoms with van der Waals surface area (Å²) in [7, 11) is 2.22. The van der Waals surface area contributed by atoms with Crippen molar-refractivity contribution in [2.75, 3.05) is 20.2 Å². The lowest BCUT2D eigenvalue weighted by molar-refractivity contribution is -0.194. The first kappa shape index (κ1) is 14.7. The average Bonchev–Trinajstić information content (AvgIpc) is 2.94. The van der Waals surface area contributed by atoms with Gasteiger partial charge in [-0.25, -0.2) is 0 Å². The van der Waals surface area contributed by atoms with Crippen LogP contribution in [0.15, 0.2) is 12.1 Å². The zero-order valence-electron chi connectivity index (χ0n) is 14.2. The van der Waals surface area contributed by atoms with E-state index < -0.39 is 0 Å². The molecule has 0 amide bonds. The molecular formula is C19H24N2O3. The van der Waals surface area contributed by atoms with E-state index >= 15 is 0 Å². The number of benzene rings is 1. The maximum absolute atomic E-state index is 12.7. The molecule has 1 saturated heterocycles. The molecule has 24 heavy (non-hydrogen) atoms. The van der Waals surface area contributed by atoms with Gasteiger partial charge in [0.2, 0.25) is 0 Å². The molecule has 5 nitrogen and oxygen atoms in total. The fourth-order valence-electron chi connectivity index (χ4n) is 5.81. The van der Waals surface area contributed by atoms with Crippen molar-refractivity contribution >= 4 is 5.78 Å². The molecule has 1 aromatic rings. The number of piperidine rings is 1. The van der Waals surface area contributed by atoms with E-state index in [4.69, 9.17) is 15.2 Å². The summed E-state index contributed by atoms with van der Waals surface area (Å²) in [5, 5.41) is 0. The van der Waals surface area contributed by atoms with Crippen LogP contribution in [0.25, 0.3) is 0 Å². The van der Waals surface area contributed by atoms with Crippen LogP contribution in [0, 0.1) is 5.92 Å². The maximum atomic E-state index is 12.7. The summed E-state index contributed by atoms with van der Waals surface area (Å²) >= 11 is 0. The Bertz CT molecular complexity index is 734. The first-order chi connectivity index (χ1) is 11.6. The van der Waals surface area contributed by atoms with Crippen LogP contribution in [-0.4, -0.2) is 49.1 Å². The minimum Gasteiger partial charge on any atom is -0.488 e. The molecule has 1 saturated carbocycles. The molecule has 0 aromatic heterocycles. The second-order valence-corrected chi connectivity index (χ2v) is 7.66.